The van der Waals surface area contributed by atoms with Crippen LogP contribution in [0.3, 0.4) is 0 Å². The topological polar surface area (TPSA) is 106 Å². The number of hydrogen-bond acceptors (Lipinski definition) is 5. The van der Waals surface area contributed by atoms with Crippen molar-refractivity contribution in [2.24, 2.45) is 5.73 Å². The van der Waals surface area contributed by atoms with Gasteiger partial charge in [0.05, 0.1) is 6.20 Å². The zero-order valence-electron chi connectivity index (χ0n) is 14.3. The Balaban J connectivity index is 1.46. The number of nitrogens with two attached hydrogens (primary N) is 1. The number of rotatable bonds is 6. The number of nitrogens with one attached hydrogen (secondary N) is 1. The molecule has 26 heavy (non-hydrogen) atoms. The molecule has 0 aliphatic carbocycles. The van der Waals surface area contributed by atoms with E-state index >= 15 is 0 Å². The minimum absolute atomic E-state index is 0.0632. The first-order chi connectivity index (χ1) is 12.5. The second-order valence-electron chi connectivity index (χ2n) is 6.42. The first-order valence-corrected chi connectivity index (χ1v) is 8.45. The SMILES string of the molecule is NC(=O)Cn1cc(C(=O)NC2CCN(Cc3ccc(F)cc3)CC2)nn1. The Morgan fingerprint density at radius 2 is 1.92 bits per heavy atom. The maximum Gasteiger partial charge on any atom is 0.273 e. The van der Waals surface area contributed by atoms with Gasteiger partial charge in [0, 0.05) is 25.7 Å². The second-order valence-corrected chi connectivity index (χ2v) is 6.42. The highest BCUT2D eigenvalue weighted by molar-refractivity contribution is 5.92. The number of primary amides is 1. The van der Waals surface area contributed by atoms with Gasteiger partial charge in [-0.1, -0.05) is 17.3 Å². The van der Waals surface area contributed by atoms with Crippen molar-refractivity contribution in [1.82, 2.24) is 25.2 Å². The van der Waals surface area contributed by atoms with Crippen LogP contribution in [0, 0.1) is 5.82 Å². The van der Waals surface area contributed by atoms with E-state index in [2.05, 4.69) is 20.5 Å². The second kappa shape index (κ2) is 8.05. The summed E-state index contributed by atoms with van der Waals surface area (Å²) in [5, 5.41) is 10.4. The summed E-state index contributed by atoms with van der Waals surface area (Å²) in [5.74, 6) is -1.09. The van der Waals surface area contributed by atoms with Crippen LogP contribution in [0.4, 0.5) is 4.39 Å². The number of nitrogens with zero attached hydrogens (tertiary/aromatic N) is 4. The fourth-order valence-electron chi connectivity index (χ4n) is 2.98. The van der Waals surface area contributed by atoms with Crippen molar-refractivity contribution in [3.63, 3.8) is 0 Å². The number of likely N-dealkylation sites (tertiary alicyclic amines) is 1. The Morgan fingerprint density at radius 3 is 2.58 bits per heavy atom. The monoisotopic (exact) mass is 360 g/mol. The molecule has 2 aromatic rings. The van der Waals surface area contributed by atoms with Crippen LogP contribution in [-0.4, -0.2) is 50.8 Å². The van der Waals surface area contributed by atoms with E-state index in [9.17, 15) is 14.0 Å². The molecule has 0 atom stereocenters. The van der Waals surface area contributed by atoms with Crippen LogP contribution < -0.4 is 11.1 Å². The van der Waals surface area contributed by atoms with E-state index in [1.165, 1.54) is 23.0 Å². The van der Waals surface area contributed by atoms with Gasteiger partial charge in [-0.05, 0) is 30.5 Å². The summed E-state index contributed by atoms with van der Waals surface area (Å²) in [6.07, 6.45) is 3.05. The Morgan fingerprint density at radius 1 is 1.23 bits per heavy atom. The van der Waals surface area contributed by atoms with Gasteiger partial charge in [0.1, 0.15) is 12.4 Å². The molecule has 0 bridgehead atoms. The Bertz CT molecular complexity index is 768. The van der Waals surface area contributed by atoms with Crippen LogP contribution in [0.5, 0.6) is 0 Å². The third-order valence-electron chi connectivity index (χ3n) is 4.33. The van der Waals surface area contributed by atoms with Gasteiger partial charge in [0.15, 0.2) is 5.69 Å². The molecule has 1 saturated heterocycles. The Labute approximate surface area is 150 Å². The van der Waals surface area contributed by atoms with Crippen molar-refractivity contribution in [1.29, 1.82) is 0 Å². The average Bonchev–Trinajstić information content (AvgIpc) is 3.06. The lowest BCUT2D eigenvalue weighted by atomic mass is 10.0. The molecule has 0 spiro atoms. The molecular weight excluding hydrogens is 339 g/mol. The number of aromatic nitrogens is 3. The summed E-state index contributed by atoms with van der Waals surface area (Å²) in [5.41, 5.74) is 6.32. The quantitative estimate of drug-likeness (QED) is 0.770. The molecule has 8 nitrogen and oxygen atoms in total. The normalized spacial score (nSPS) is 15.7. The molecule has 3 N–H and O–H groups in total. The lowest BCUT2D eigenvalue weighted by molar-refractivity contribution is -0.118. The summed E-state index contributed by atoms with van der Waals surface area (Å²) in [6.45, 7) is 2.35. The molecule has 9 heteroatoms. The number of hydrogen-bond donors (Lipinski definition) is 2. The van der Waals surface area contributed by atoms with Gasteiger partial charge < -0.3 is 11.1 Å². The third kappa shape index (κ3) is 4.85. The van der Waals surface area contributed by atoms with Crippen LogP contribution >= 0.6 is 0 Å². The van der Waals surface area contributed by atoms with E-state index in [0.717, 1.165) is 38.0 Å². The number of carbonyl (C=O) groups excluding carboxylic acids is 2. The van der Waals surface area contributed by atoms with Crippen molar-refractivity contribution in [3.8, 4) is 0 Å². The van der Waals surface area contributed by atoms with Gasteiger partial charge in [-0.2, -0.15) is 0 Å². The highest BCUT2D eigenvalue weighted by Gasteiger charge is 2.22. The summed E-state index contributed by atoms with van der Waals surface area (Å²) in [4.78, 5) is 25.4. The van der Waals surface area contributed by atoms with Crippen LogP contribution in [0.15, 0.2) is 30.5 Å². The van der Waals surface area contributed by atoms with Gasteiger partial charge in [-0.15, -0.1) is 5.10 Å². The molecule has 1 fully saturated rings. The van der Waals surface area contributed by atoms with Crippen molar-refractivity contribution < 1.29 is 14.0 Å². The predicted molar refractivity (Wildman–Crippen MR) is 91.4 cm³/mol. The maximum absolute atomic E-state index is 13.0. The van der Waals surface area contributed by atoms with Crippen molar-refractivity contribution in [2.45, 2.75) is 32.0 Å². The van der Waals surface area contributed by atoms with E-state index in [-0.39, 0.29) is 30.0 Å². The molecule has 2 heterocycles. The number of benzene rings is 1. The predicted octanol–water partition coefficient (Wildman–Crippen LogP) is 0.297. The number of amides is 2. The minimum atomic E-state index is -0.546. The van der Waals surface area contributed by atoms with Crippen molar-refractivity contribution in [3.05, 3.63) is 47.5 Å². The fourth-order valence-corrected chi connectivity index (χ4v) is 2.98. The molecule has 1 aliphatic rings. The number of carbonyl (C=O) groups is 2. The fraction of sp³-hybridized carbons (Fsp3) is 0.412. The molecule has 0 radical (unpaired) electrons. The van der Waals surface area contributed by atoms with Crippen LogP contribution in [0.25, 0.3) is 0 Å². The average molecular weight is 360 g/mol. The van der Waals surface area contributed by atoms with E-state index < -0.39 is 5.91 Å². The van der Waals surface area contributed by atoms with Crippen LogP contribution in [0.2, 0.25) is 0 Å². The molecule has 0 unspecified atom stereocenters. The third-order valence-corrected chi connectivity index (χ3v) is 4.33. The molecule has 0 saturated carbocycles. The first-order valence-electron chi connectivity index (χ1n) is 8.45. The van der Waals surface area contributed by atoms with E-state index in [1.54, 1.807) is 12.1 Å². The number of piperidine rings is 1. The maximum atomic E-state index is 13.0. The molecule has 1 aromatic carbocycles. The Kier molecular flexibility index (Phi) is 5.57. The van der Waals surface area contributed by atoms with Gasteiger partial charge in [-0.25, -0.2) is 9.07 Å². The standard InChI is InChI=1S/C17H21FN6O2/c18-13-3-1-12(2-4-13)9-23-7-5-14(6-8-23)20-17(26)15-10-24(22-21-15)11-16(19)25/h1-4,10,14H,5-9,11H2,(H2,19,25)(H,20,26). The Hall–Kier alpha value is -2.81. The summed E-state index contributed by atoms with van der Waals surface area (Å²) < 4.78 is 14.2. The van der Waals surface area contributed by atoms with Crippen molar-refractivity contribution in [2.75, 3.05) is 13.1 Å². The smallest absolute Gasteiger partial charge is 0.273 e. The van der Waals surface area contributed by atoms with Gasteiger partial charge in [-0.3, -0.25) is 14.5 Å². The molecule has 3 rings (SSSR count). The summed E-state index contributed by atoms with van der Waals surface area (Å²) >= 11 is 0. The lowest BCUT2D eigenvalue weighted by Crippen LogP contribution is -2.44. The van der Waals surface area contributed by atoms with Gasteiger partial charge >= 0.3 is 0 Å². The van der Waals surface area contributed by atoms with E-state index in [0.29, 0.717) is 0 Å². The van der Waals surface area contributed by atoms with Crippen LogP contribution in [-0.2, 0) is 17.9 Å². The van der Waals surface area contributed by atoms with Crippen LogP contribution in [0.1, 0.15) is 28.9 Å². The van der Waals surface area contributed by atoms with Crippen molar-refractivity contribution >= 4 is 11.8 Å². The zero-order valence-corrected chi connectivity index (χ0v) is 14.3. The number of halogens is 1. The molecule has 1 aliphatic heterocycles. The molecule has 138 valence electrons. The molecular formula is C17H21FN6O2. The lowest BCUT2D eigenvalue weighted by Gasteiger charge is -2.32. The molecule has 1 aromatic heterocycles. The first kappa shape index (κ1) is 18.0. The van der Waals surface area contributed by atoms with Gasteiger partial charge in [0.2, 0.25) is 5.91 Å². The molecule has 2 amide bonds. The minimum Gasteiger partial charge on any atom is -0.368 e. The van der Waals surface area contributed by atoms with E-state index in [1.807, 2.05) is 0 Å². The summed E-state index contributed by atoms with van der Waals surface area (Å²) in [6, 6.07) is 6.58. The zero-order chi connectivity index (χ0) is 18.5. The van der Waals surface area contributed by atoms with Gasteiger partial charge in [0.25, 0.3) is 5.91 Å². The van der Waals surface area contributed by atoms with E-state index in [4.69, 9.17) is 5.73 Å². The highest BCUT2D eigenvalue weighted by Crippen LogP contribution is 2.14. The summed E-state index contributed by atoms with van der Waals surface area (Å²) in [7, 11) is 0. The highest BCUT2D eigenvalue weighted by atomic mass is 19.1. The largest absolute Gasteiger partial charge is 0.368 e.